The van der Waals surface area contributed by atoms with Crippen LogP contribution in [0.5, 0.6) is 0 Å². The predicted molar refractivity (Wildman–Crippen MR) is 168 cm³/mol. The van der Waals surface area contributed by atoms with E-state index in [2.05, 4.69) is 25.6 Å². The molecular weight excluding hydrogens is 592 g/mol. The lowest BCUT2D eigenvalue weighted by molar-refractivity contribution is -0.179. The van der Waals surface area contributed by atoms with Gasteiger partial charge in [0.05, 0.1) is 48.4 Å². The van der Waals surface area contributed by atoms with Gasteiger partial charge in [-0.25, -0.2) is 14.3 Å². The van der Waals surface area contributed by atoms with Gasteiger partial charge in [-0.15, -0.1) is 0 Å². The van der Waals surface area contributed by atoms with Crippen LogP contribution in [0.3, 0.4) is 0 Å². The smallest absolute Gasteiger partial charge is 0.375 e. The Morgan fingerprint density at radius 3 is 2.71 bits per heavy atom. The first kappa shape index (κ1) is 30.0. The average Bonchev–Trinajstić information content (AvgIpc) is 3.77. The van der Waals surface area contributed by atoms with Crippen molar-refractivity contribution in [2.45, 2.75) is 64.1 Å². The molecular formula is C35H38N2O7S. The molecule has 7 atom stereocenters. The van der Waals surface area contributed by atoms with Gasteiger partial charge in [0.25, 0.3) is 0 Å². The molecule has 10 heteroatoms. The fourth-order valence-electron chi connectivity index (χ4n) is 9.67. The van der Waals surface area contributed by atoms with Gasteiger partial charge in [0.1, 0.15) is 0 Å². The number of aromatic nitrogens is 2. The maximum Gasteiger partial charge on any atom is 0.375 e. The number of thiol groups is 1. The number of allylic oxidation sites excluding steroid dienone is 1. The third-order valence-corrected chi connectivity index (χ3v) is 11.9. The fraction of sp³-hybridized carbons (Fsp3) is 0.486. The monoisotopic (exact) mass is 630 g/mol. The van der Waals surface area contributed by atoms with E-state index < -0.39 is 29.1 Å². The molecule has 0 saturated heterocycles. The van der Waals surface area contributed by atoms with Gasteiger partial charge in [-0.05, 0) is 104 Å². The molecule has 7 rings (SSSR count). The number of ketones is 1. The number of aliphatic hydroxyl groups excluding tert-OH is 1. The van der Waals surface area contributed by atoms with Gasteiger partial charge in [-0.1, -0.05) is 25.5 Å². The molecule has 236 valence electrons. The molecule has 1 N–H and O–H groups in total. The van der Waals surface area contributed by atoms with E-state index in [-0.39, 0.29) is 40.5 Å². The summed E-state index contributed by atoms with van der Waals surface area (Å²) in [6.07, 6.45) is 8.73. The number of aliphatic hydroxyl groups is 1. The van der Waals surface area contributed by atoms with Crippen molar-refractivity contribution in [2.24, 2.45) is 28.6 Å². The van der Waals surface area contributed by atoms with E-state index in [4.69, 9.17) is 19.0 Å². The van der Waals surface area contributed by atoms with Crippen molar-refractivity contribution in [1.82, 2.24) is 9.78 Å². The minimum Gasteiger partial charge on any atom is -0.465 e. The van der Waals surface area contributed by atoms with E-state index in [1.54, 1.807) is 18.2 Å². The number of rotatable bonds is 6. The zero-order valence-corrected chi connectivity index (χ0v) is 26.6. The molecule has 3 aromatic rings. The number of nitrogens with zero attached hydrogens (tertiary/aromatic N) is 2. The standard InChI is InChI=1S/C35H38N2O7S/c1-33-16-21-18-36-37(23-7-4-6-20(14-23)31(40)42-3)26(21)15-22(33)9-10-24-25-11-12-35(29(39)19-45,34(25,2)17-27(38)30(24)33)44-32(41)28-8-5-13-43-28/h4-8,13-15,18,24-25,27,30,38,45H,9-12,16-17,19H2,1-3H3/t24-,25-,27-,30+,33-,34-,35-/m0/s1. The Labute approximate surface area is 267 Å². The Balaban J connectivity index is 1.22. The molecule has 4 aliphatic carbocycles. The van der Waals surface area contributed by atoms with E-state index in [0.717, 1.165) is 42.6 Å². The van der Waals surface area contributed by atoms with Crippen molar-refractivity contribution in [2.75, 3.05) is 12.9 Å². The van der Waals surface area contributed by atoms with E-state index >= 15 is 0 Å². The third kappa shape index (κ3) is 4.31. The number of Topliss-reactive ketones (excluding diaryl/α,β-unsaturated/α-hetero) is 1. The van der Waals surface area contributed by atoms with Crippen LogP contribution in [0.25, 0.3) is 11.8 Å². The van der Waals surface area contributed by atoms with Gasteiger partial charge in [-0.2, -0.15) is 17.7 Å². The molecule has 0 aliphatic heterocycles. The normalized spacial score (nSPS) is 33.2. The van der Waals surface area contributed by atoms with Crippen LogP contribution in [0.15, 0.2) is 58.8 Å². The zero-order chi connectivity index (χ0) is 31.7. The summed E-state index contributed by atoms with van der Waals surface area (Å²) >= 11 is 4.34. The maximum atomic E-state index is 13.7. The van der Waals surface area contributed by atoms with Crippen molar-refractivity contribution < 1.29 is 33.4 Å². The molecule has 0 bridgehead atoms. The number of furan rings is 1. The topological polar surface area (TPSA) is 121 Å². The average molecular weight is 631 g/mol. The lowest BCUT2D eigenvalue weighted by Gasteiger charge is -2.60. The summed E-state index contributed by atoms with van der Waals surface area (Å²) in [5.41, 5.74) is 2.16. The predicted octanol–water partition coefficient (Wildman–Crippen LogP) is 5.50. The second kappa shape index (κ2) is 10.7. The molecule has 45 heavy (non-hydrogen) atoms. The highest BCUT2D eigenvalue weighted by atomic mass is 32.1. The van der Waals surface area contributed by atoms with Crippen LogP contribution >= 0.6 is 12.6 Å². The number of fused-ring (bicyclic) bond motifs is 6. The Morgan fingerprint density at radius 1 is 1.16 bits per heavy atom. The summed E-state index contributed by atoms with van der Waals surface area (Å²) < 4.78 is 18.2. The van der Waals surface area contributed by atoms with E-state index in [0.29, 0.717) is 18.4 Å². The molecule has 3 saturated carbocycles. The number of hydrogen-bond acceptors (Lipinski definition) is 9. The Bertz CT molecular complexity index is 1710. The summed E-state index contributed by atoms with van der Waals surface area (Å²) in [5.74, 6) is -1.09. The third-order valence-electron chi connectivity index (χ3n) is 11.6. The van der Waals surface area contributed by atoms with Gasteiger partial charge in [-0.3, -0.25) is 4.79 Å². The molecule has 4 aliphatic rings. The first-order valence-corrected chi connectivity index (χ1v) is 16.3. The lowest BCUT2D eigenvalue weighted by Crippen LogP contribution is -2.63. The minimum atomic E-state index is -1.38. The molecule has 1 aromatic carbocycles. The quantitative estimate of drug-likeness (QED) is 0.271. The number of carbonyl (C=O) groups is 3. The Kier molecular flexibility index (Phi) is 7.16. The second-order valence-corrected chi connectivity index (χ2v) is 13.9. The number of esters is 2. The molecule has 9 nitrogen and oxygen atoms in total. The van der Waals surface area contributed by atoms with Crippen LogP contribution in [0.4, 0.5) is 0 Å². The van der Waals surface area contributed by atoms with Crippen molar-refractivity contribution in [3.05, 3.63) is 77.0 Å². The van der Waals surface area contributed by atoms with Gasteiger partial charge >= 0.3 is 11.9 Å². The van der Waals surface area contributed by atoms with E-state index in [9.17, 15) is 19.5 Å². The van der Waals surface area contributed by atoms with Crippen LogP contribution in [-0.4, -0.2) is 57.2 Å². The summed E-state index contributed by atoms with van der Waals surface area (Å²) in [6, 6.07) is 10.4. The summed E-state index contributed by atoms with van der Waals surface area (Å²) in [6.45, 7) is 4.29. The zero-order valence-electron chi connectivity index (χ0n) is 25.7. The molecule has 0 radical (unpaired) electrons. The van der Waals surface area contributed by atoms with Crippen molar-refractivity contribution in [3.63, 3.8) is 0 Å². The first-order chi connectivity index (χ1) is 21.6. The Morgan fingerprint density at radius 2 is 1.98 bits per heavy atom. The Hall–Kier alpha value is -3.63. The van der Waals surface area contributed by atoms with Gasteiger partial charge in [0, 0.05) is 5.41 Å². The first-order valence-electron chi connectivity index (χ1n) is 15.6. The van der Waals surface area contributed by atoms with Crippen LogP contribution in [0.2, 0.25) is 0 Å². The lowest BCUT2D eigenvalue weighted by atomic mass is 9.45. The van der Waals surface area contributed by atoms with Crippen molar-refractivity contribution >= 4 is 36.4 Å². The van der Waals surface area contributed by atoms with Crippen LogP contribution in [0.1, 0.15) is 78.1 Å². The summed E-state index contributed by atoms with van der Waals surface area (Å²) in [4.78, 5) is 39.1. The highest BCUT2D eigenvalue weighted by molar-refractivity contribution is 7.81. The number of hydrogen-bond donors (Lipinski definition) is 2. The van der Waals surface area contributed by atoms with E-state index in [1.807, 2.05) is 29.9 Å². The molecule has 0 spiro atoms. The van der Waals surface area contributed by atoms with Crippen molar-refractivity contribution in [1.29, 1.82) is 0 Å². The molecule has 3 fully saturated rings. The van der Waals surface area contributed by atoms with Crippen LogP contribution in [0, 0.1) is 28.6 Å². The van der Waals surface area contributed by atoms with Gasteiger partial charge in [0.15, 0.2) is 11.4 Å². The summed E-state index contributed by atoms with van der Waals surface area (Å²) in [7, 11) is 1.37. The maximum absolute atomic E-state index is 13.7. The van der Waals surface area contributed by atoms with E-state index in [1.165, 1.54) is 25.0 Å². The second-order valence-electron chi connectivity index (χ2n) is 13.6. The van der Waals surface area contributed by atoms with Gasteiger partial charge < -0.3 is 19.0 Å². The minimum absolute atomic E-state index is 0.0302. The molecule has 0 amide bonds. The van der Waals surface area contributed by atoms with Crippen LogP contribution < -0.4 is 0 Å². The highest BCUT2D eigenvalue weighted by Crippen LogP contribution is 2.68. The highest BCUT2D eigenvalue weighted by Gasteiger charge is 2.70. The SMILES string of the molecule is COC(=O)c1cccc(-n2ncc3c2C=C2CC[C@@H]4[C@H]([C@@H](O)C[C@@]5(C)[C@H]4CC[C@]5(OC(=O)c4ccco4)C(=O)CS)[C@@]2(C)C3)c1. The largest absolute Gasteiger partial charge is 0.465 e. The molecule has 0 unspecified atom stereocenters. The summed E-state index contributed by atoms with van der Waals surface area (Å²) in [5, 5.41) is 16.8. The van der Waals surface area contributed by atoms with Gasteiger partial charge in [0.2, 0.25) is 5.76 Å². The molecule has 2 heterocycles. The number of carbonyl (C=O) groups excluding carboxylic acids is 3. The molecule has 2 aromatic heterocycles. The number of benzene rings is 1. The number of ether oxygens (including phenoxy) is 2. The van der Waals surface area contributed by atoms with Crippen molar-refractivity contribution in [3.8, 4) is 5.69 Å². The van der Waals surface area contributed by atoms with Crippen LogP contribution in [-0.2, 0) is 20.7 Å². The number of methoxy groups -OCH3 is 1. The fourth-order valence-corrected chi connectivity index (χ4v) is 9.93.